The lowest BCUT2D eigenvalue weighted by Gasteiger charge is -2.20. The number of carbonyl (C=O) groups is 4. The molecule has 4 rings (SSSR count). The Kier molecular flexibility index (Phi) is 7.44. The van der Waals surface area contributed by atoms with Crippen LogP contribution in [0.15, 0.2) is 78.9 Å². The lowest BCUT2D eigenvalue weighted by atomic mass is 10.1. The van der Waals surface area contributed by atoms with Crippen LogP contribution in [0.25, 0.3) is 0 Å². The molecule has 0 bridgehead atoms. The van der Waals surface area contributed by atoms with Crippen molar-refractivity contribution < 1.29 is 19.2 Å². The number of para-hydroxylation sites is 1. The van der Waals surface area contributed by atoms with Gasteiger partial charge in [-0.25, -0.2) is 0 Å². The van der Waals surface area contributed by atoms with Crippen LogP contribution in [0.5, 0.6) is 0 Å². The van der Waals surface area contributed by atoms with Crippen LogP contribution in [0.1, 0.15) is 29.3 Å². The summed E-state index contributed by atoms with van der Waals surface area (Å²) >= 11 is 0. The summed E-state index contributed by atoms with van der Waals surface area (Å²) in [4.78, 5) is 53.3. The van der Waals surface area contributed by atoms with Crippen molar-refractivity contribution in [3.63, 3.8) is 0 Å². The van der Waals surface area contributed by atoms with E-state index in [1.54, 1.807) is 65.4 Å². The van der Waals surface area contributed by atoms with Crippen LogP contribution in [-0.4, -0.2) is 42.1 Å². The maximum Gasteiger partial charge on any atom is 0.256 e. The number of carbonyl (C=O) groups excluding carboxylic acids is 4. The Balaban J connectivity index is 1.42. The molecule has 1 atom stereocenters. The Morgan fingerprint density at radius 1 is 0.917 bits per heavy atom. The van der Waals surface area contributed by atoms with Crippen molar-refractivity contribution >= 4 is 40.7 Å². The monoisotopic (exact) mass is 484 g/mol. The quantitative estimate of drug-likeness (QED) is 0.531. The maximum absolute atomic E-state index is 13.1. The predicted octanol–water partition coefficient (Wildman–Crippen LogP) is 3.91. The average Bonchev–Trinajstić information content (AvgIpc) is 3.26. The van der Waals surface area contributed by atoms with E-state index in [-0.39, 0.29) is 36.6 Å². The number of hydrogen-bond donors (Lipinski definition) is 2. The lowest BCUT2D eigenvalue weighted by molar-refractivity contribution is -0.122. The molecule has 184 valence electrons. The van der Waals surface area contributed by atoms with E-state index in [0.29, 0.717) is 29.2 Å². The zero-order chi connectivity index (χ0) is 25.7. The normalized spacial score (nSPS) is 14.9. The van der Waals surface area contributed by atoms with Gasteiger partial charge in [0.1, 0.15) is 0 Å². The van der Waals surface area contributed by atoms with Gasteiger partial charge in [-0.3, -0.25) is 19.2 Å². The number of rotatable bonds is 7. The van der Waals surface area contributed by atoms with E-state index in [1.165, 1.54) is 6.92 Å². The van der Waals surface area contributed by atoms with Gasteiger partial charge in [0.2, 0.25) is 17.7 Å². The third kappa shape index (κ3) is 5.78. The highest BCUT2D eigenvalue weighted by atomic mass is 16.2. The molecule has 0 spiro atoms. The Morgan fingerprint density at radius 3 is 2.28 bits per heavy atom. The molecule has 8 nitrogen and oxygen atoms in total. The lowest BCUT2D eigenvalue weighted by Crippen LogP contribution is -2.30. The summed E-state index contributed by atoms with van der Waals surface area (Å²) in [5, 5.41) is 5.55. The van der Waals surface area contributed by atoms with Gasteiger partial charge in [0.15, 0.2) is 0 Å². The second-order valence-corrected chi connectivity index (χ2v) is 8.82. The average molecular weight is 485 g/mol. The Bertz CT molecular complexity index is 1270. The molecule has 0 saturated carbocycles. The Hall–Kier alpha value is -4.46. The highest BCUT2D eigenvalue weighted by molar-refractivity contribution is 6.07. The Labute approximate surface area is 209 Å². The van der Waals surface area contributed by atoms with Crippen molar-refractivity contribution in [1.29, 1.82) is 0 Å². The van der Waals surface area contributed by atoms with E-state index >= 15 is 0 Å². The molecule has 8 heteroatoms. The number of anilines is 3. The molecule has 0 aliphatic carbocycles. The first kappa shape index (κ1) is 24.7. The van der Waals surface area contributed by atoms with Crippen LogP contribution in [0.3, 0.4) is 0 Å². The van der Waals surface area contributed by atoms with Gasteiger partial charge < -0.3 is 20.4 Å². The van der Waals surface area contributed by atoms with Crippen molar-refractivity contribution in [2.24, 2.45) is 5.92 Å². The fourth-order valence-corrected chi connectivity index (χ4v) is 4.21. The number of amides is 4. The fraction of sp³-hybridized carbons (Fsp3) is 0.214. The van der Waals surface area contributed by atoms with Crippen molar-refractivity contribution in [2.45, 2.75) is 19.9 Å². The molecular weight excluding hydrogens is 456 g/mol. The SMILES string of the molecule is CC(=O)Nc1ccc(N2CC(C(=O)Nc3ccccc3C(=O)N(C)Cc3ccccc3)CC2=O)cc1. The van der Waals surface area contributed by atoms with Crippen LogP contribution < -0.4 is 15.5 Å². The molecular formula is C28H28N4O4. The summed E-state index contributed by atoms with van der Waals surface area (Å²) in [5.74, 6) is -1.42. The van der Waals surface area contributed by atoms with Gasteiger partial charge in [-0.15, -0.1) is 0 Å². The second kappa shape index (κ2) is 10.9. The summed E-state index contributed by atoms with van der Waals surface area (Å²) in [6, 6.07) is 23.5. The van der Waals surface area contributed by atoms with Crippen LogP contribution in [0, 0.1) is 5.92 Å². The number of hydrogen-bond acceptors (Lipinski definition) is 4. The molecule has 1 aliphatic heterocycles. The van der Waals surface area contributed by atoms with Gasteiger partial charge in [0.05, 0.1) is 17.2 Å². The third-order valence-corrected chi connectivity index (χ3v) is 6.02. The van der Waals surface area contributed by atoms with E-state index in [9.17, 15) is 19.2 Å². The molecule has 0 radical (unpaired) electrons. The number of benzene rings is 3. The minimum atomic E-state index is -0.558. The van der Waals surface area contributed by atoms with Crippen LogP contribution in [0.2, 0.25) is 0 Å². The standard InChI is InChI=1S/C28H28N4O4/c1-19(33)29-22-12-14-23(15-13-22)32-18-21(16-26(32)34)27(35)30-25-11-7-6-10-24(25)28(36)31(2)17-20-8-4-3-5-9-20/h3-15,21H,16-18H2,1-2H3,(H,29,33)(H,30,35). The maximum atomic E-state index is 13.1. The second-order valence-electron chi connectivity index (χ2n) is 8.82. The molecule has 3 aromatic carbocycles. The summed E-state index contributed by atoms with van der Waals surface area (Å²) in [6.45, 7) is 2.09. The van der Waals surface area contributed by atoms with E-state index in [4.69, 9.17) is 0 Å². The summed E-state index contributed by atoms with van der Waals surface area (Å²) in [7, 11) is 1.72. The number of nitrogens with zero attached hydrogens (tertiary/aromatic N) is 2. The molecule has 36 heavy (non-hydrogen) atoms. The van der Waals surface area contributed by atoms with Gasteiger partial charge >= 0.3 is 0 Å². The van der Waals surface area contributed by atoms with E-state index in [0.717, 1.165) is 5.56 Å². The topological polar surface area (TPSA) is 98.8 Å². The first-order valence-corrected chi connectivity index (χ1v) is 11.7. The highest BCUT2D eigenvalue weighted by Crippen LogP contribution is 2.28. The Morgan fingerprint density at radius 2 is 1.58 bits per heavy atom. The van der Waals surface area contributed by atoms with E-state index < -0.39 is 5.92 Å². The van der Waals surface area contributed by atoms with Gasteiger partial charge in [-0.05, 0) is 42.0 Å². The molecule has 1 saturated heterocycles. The van der Waals surface area contributed by atoms with Crippen molar-refractivity contribution in [3.8, 4) is 0 Å². The summed E-state index contributed by atoms with van der Waals surface area (Å²) in [5.41, 5.74) is 3.09. The van der Waals surface area contributed by atoms with Gasteiger partial charge in [-0.1, -0.05) is 42.5 Å². The molecule has 0 aromatic heterocycles. The molecule has 1 fully saturated rings. The van der Waals surface area contributed by atoms with Gasteiger partial charge in [-0.2, -0.15) is 0 Å². The van der Waals surface area contributed by atoms with Crippen LogP contribution >= 0.6 is 0 Å². The molecule has 1 unspecified atom stereocenters. The molecule has 1 heterocycles. The fourth-order valence-electron chi connectivity index (χ4n) is 4.21. The van der Waals surface area contributed by atoms with Crippen LogP contribution in [0.4, 0.5) is 17.1 Å². The molecule has 3 aromatic rings. The molecule has 2 N–H and O–H groups in total. The first-order valence-electron chi connectivity index (χ1n) is 11.7. The van der Waals surface area contributed by atoms with Crippen molar-refractivity contribution in [2.75, 3.05) is 29.1 Å². The minimum absolute atomic E-state index is 0.0727. The van der Waals surface area contributed by atoms with Gasteiger partial charge in [0, 0.05) is 44.9 Å². The minimum Gasteiger partial charge on any atom is -0.337 e. The van der Waals surface area contributed by atoms with Crippen LogP contribution in [-0.2, 0) is 20.9 Å². The largest absolute Gasteiger partial charge is 0.337 e. The number of nitrogens with one attached hydrogen (secondary N) is 2. The van der Waals surface area contributed by atoms with E-state index in [1.807, 2.05) is 30.3 Å². The predicted molar refractivity (Wildman–Crippen MR) is 139 cm³/mol. The third-order valence-electron chi connectivity index (χ3n) is 6.02. The first-order chi connectivity index (χ1) is 17.3. The van der Waals surface area contributed by atoms with Gasteiger partial charge in [0.25, 0.3) is 5.91 Å². The smallest absolute Gasteiger partial charge is 0.256 e. The molecule has 1 aliphatic rings. The summed E-state index contributed by atoms with van der Waals surface area (Å²) in [6.07, 6.45) is 0.0727. The molecule has 4 amide bonds. The zero-order valence-electron chi connectivity index (χ0n) is 20.2. The highest BCUT2D eigenvalue weighted by Gasteiger charge is 2.35. The zero-order valence-corrected chi connectivity index (χ0v) is 20.2. The van der Waals surface area contributed by atoms with E-state index in [2.05, 4.69) is 10.6 Å². The van der Waals surface area contributed by atoms with Crippen molar-refractivity contribution in [1.82, 2.24) is 4.90 Å². The van der Waals surface area contributed by atoms with Crippen molar-refractivity contribution in [3.05, 3.63) is 90.0 Å². The summed E-state index contributed by atoms with van der Waals surface area (Å²) < 4.78 is 0.